The van der Waals surface area contributed by atoms with E-state index in [1.807, 2.05) is 30.3 Å². The summed E-state index contributed by atoms with van der Waals surface area (Å²) in [5.74, 6) is -0.417. The first-order chi connectivity index (χ1) is 12.2. The van der Waals surface area contributed by atoms with Crippen molar-refractivity contribution in [2.45, 2.75) is 25.8 Å². The Kier molecular flexibility index (Phi) is 5.77. The molecule has 0 aliphatic heterocycles. The standard InChI is InChI=1S/C20H23N3O2/c24-19(22-11-5-8-15-6-2-1-3-7-15)17-12-18(17)20(25)23-14-16-9-4-10-21-13-16/h1-4,6-7,9-10,13,17-18H,5,8,11-12,14H2,(H,22,24)(H,23,25). The molecule has 2 N–H and O–H groups in total. The largest absolute Gasteiger partial charge is 0.356 e. The van der Waals surface area contributed by atoms with Crippen LogP contribution in [0, 0.1) is 11.8 Å². The molecule has 25 heavy (non-hydrogen) atoms. The number of aryl methyl sites for hydroxylation is 1. The normalized spacial score (nSPS) is 18.4. The van der Waals surface area contributed by atoms with E-state index in [4.69, 9.17) is 0 Å². The second-order valence-electron chi connectivity index (χ2n) is 6.41. The van der Waals surface area contributed by atoms with Gasteiger partial charge < -0.3 is 10.6 Å². The van der Waals surface area contributed by atoms with Crippen LogP contribution in [0.25, 0.3) is 0 Å². The first-order valence-electron chi connectivity index (χ1n) is 8.72. The number of hydrogen-bond donors (Lipinski definition) is 2. The maximum absolute atomic E-state index is 12.1. The van der Waals surface area contributed by atoms with Gasteiger partial charge in [-0.05, 0) is 36.5 Å². The zero-order valence-corrected chi connectivity index (χ0v) is 14.2. The Morgan fingerprint density at radius 1 is 0.960 bits per heavy atom. The number of aromatic nitrogens is 1. The lowest BCUT2D eigenvalue weighted by molar-refractivity contribution is -0.127. The minimum Gasteiger partial charge on any atom is -0.356 e. The van der Waals surface area contributed by atoms with Gasteiger partial charge in [0.15, 0.2) is 0 Å². The van der Waals surface area contributed by atoms with Crippen molar-refractivity contribution in [2.24, 2.45) is 11.8 Å². The summed E-state index contributed by atoms with van der Waals surface area (Å²) in [6, 6.07) is 14.0. The molecule has 2 amide bonds. The first kappa shape index (κ1) is 17.1. The van der Waals surface area contributed by atoms with E-state index < -0.39 is 0 Å². The van der Waals surface area contributed by atoms with Crippen molar-refractivity contribution in [3.8, 4) is 0 Å². The number of rotatable bonds is 8. The van der Waals surface area contributed by atoms with Crippen molar-refractivity contribution in [3.05, 3.63) is 66.0 Å². The summed E-state index contributed by atoms with van der Waals surface area (Å²) < 4.78 is 0. The molecule has 0 bridgehead atoms. The number of hydrogen-bond acceptors (Lipinski definition) is 3. The average Bonchev–Trinajstić information content (AvgIpc) is 3.46. The zero-order valence-electron chi connectivity index (χ0n) is 14.2. The molecule has 1 fully saturated rings. The van der Waals surface area contributed by atoms with Gasteiger partial charge in [-0.2, -0.15) is 0 Å². The van der Waals surface area contributed by atoms with E-state index >= 15 is 0 Å². The summed E-state index contributed by atoms with van der Waals surface area (Å²) in [5.41, 5.74) is 2.23. The van der Waals surface area contributed by atoms with Gasteiger partial charge in [-0.25, -0.2) is 0 Å². The fourth-order valence-corrected chi connectivity index (χ4v) is 2.88. The van der Waals surface area contributed by atoms with E-state index in [9.17, 15) is 9.59 Å². The topological polar surface area (TPSA) is 71.1 Å². The number of carbonyl (C=O) groups excluding carboxylic acids is 2. The van der Waals surface area contributed by atoms with Crippen LogP contribution in [0.4, 0.5) is 0 Å². The lowest BCUT2D eigenvalue weighted by Gasteiger charge is -2.06. The molecule has 1 saturated carbocycles. The average molecular weight is 337 g/mol. The number of nitrogens with one attached hydrogen (secondary N) is 2. The fraction of sp³-hybridized carbons (Fsp3) is 0.350. The van der Waals surface area contributed by atoms with Crippen molar-refractivity contribution in [2.75, 3.05) is 6.54 Å². The van der Waals surface area contributed by atoms with Crippen molar-refractivity contribution >= 4 is 11.8 Å². The van der Waals surface area contributed by atoms with Crippen LogP contribution in [0.3, 0.4) is 0 Å². The van der Waals surface area contributed by atoms with Gasteiger partial charge in [0.25, 0.3) is 0 Å². The molecule has 0 spiro atoms. The lowest BCUT2D eigenvalue weighted by Crippen LogP contribution is -2.30. The summed E-state index contributed by atoms with van der Waals surface area (Å²) >= 11 is 0. The maximum atomic E-state index is 12.1. The highest BCUT2D eigenvalue weighted by Gasteiger charge is 2.47. The minimum atomic E-state index is -0.189. The number of benzene rings is 1. The van der Waals surface area contributed by atoms with E-state index in [0.717, 1.165) is 18.4 Å². The summed E-state index contributed by atoms with van der Waals surface area (Å²) in [5, 5.41) is 5.82. The number of nitrogens with zero attached hydrogens (tertiary/aromatic N) is 1. The molecule has 2 aromatic rings. The van der Waals surface area contributed by atoms with Crippen LogP contribution in [0.2, 0.25) is 0 Å². The van der Waals surface area contributed by atoms with Crippen LogP contribution >= 0.6 is 0 Å². The molecule has 1 aliphatic rings. The van der Waals surface area contributed by atoms with E-state index in [1.165, 1.54) is 5.56 Å². The van der Waals surface area contributed by atoms with Crippen molar-refractivity contribution in [1.82, 2.24) is 15.6 Å². The van der Waals surface area contributed by atoms with Crippen LogP contribution < -0.4 is 10.6 Å². The molecular weight excluding hydrogens is 314 g/mol. The van der Waals surface area contributed by atoms with Gasteiger partial charge in [-0.1, -0.05) is 36.4 Å². The number of amides is 2. The van der Waals surface area contributed by atoms with Gasteiger partial charge in [-0.15, -0.1) is 0 Å². The SMILES string of the molecule is O=C(NCCCc1ccccc1)C1CC1C(=O)NCc1cccnc1. The molecule has 5 heteroatoms. The summed E-state index contributed by atoms with van der Waals surface area (Å²) in [6.45, 7) is 1.10. The van der Waals surface area contributed by atoms with Gasteiger partial charge >= 0.3 is 0 Å². The molecule has 0 saturated heterocycles. The maximum Gasteiger partial charge on any atom is 0.224 e. The molecule has 3 rings (SSSR count). The minimum absolute atomic E-state index is 0.00501. The Bertz CT molecular complexity index is 703. The van der Waals surface area contributed by atoms with E-state index in [2.05, 4.69) is 27.8 Å². The monoisotopic (exact) mass is 337 g/mol. The Morgan fingerprint density at radius 3 is 2.40 bits per heavy atom. The van der Waals surface area contributed by atoms with Crippen LogP contribution in [0.5, 0.6) is 0 Å². The predicted octanol–water partition coefficient (Wildman–Crippen LogP) is 2.08. The van der Waals surface area contributed by atoms with Gasteiger partial charge in [-0.3, -0.25) is 14.6 Å². The number of carbonyl (C=O) groups is 2. The van der Waals surface area contributed by atoms with E-state index in [-0.39, 0.29) is 23.7 Å². The second kappa shape index (κ2) is 8.42. The van der Waals surface area contributed by atoms with Gasteiger partial charge in [0.05, 0.1) is 11.8 Å². The van der Waals surface area contributed by atoms with Gasteiger partial charge in [0.2, 0.25) is 11.8 Å². The predicted molar refractivity (Wildman–Crippen MR) is 95.5 cm³/mol. The Labute approximate surface area is 147 Å². The Morgan fingerprint density at radius 2 is 1.68 bits per heavy atom. The third-order valence-corrected chi connectivity index (χ3v) is 4.44. The zero-order chi connectivity index (χ0) is 17.5. The lowest BCUT2D eigenvalue weighted by atomic mass is 10.1. The molecule has 1 aliphatic carbocycles. The molecule has 130 valence electrons. The van der Waals surface area contributed by atoms with Crippen molar-refractivity contribution in [3.63, 3.8) is 0 Å². The van der Waals surface area contributed by atoms with Crippen molar-refractivity contribution < 1.29 is 9.59 Å². The van der Waals surface area contributed by atoms with Crippen molar-refractivity contribution in [1.29, 1.82) is 0 Å². The Balaban J connectivity index is 1.32. The molecule has 1 aromatic carbocycles. The second-order valence-corrected chi connectivity index (χ2v) is 6.41. The van der Waals surface area contributed by atoms with Crippen LogP contribution in [-0.4, -0.2) is 23.3 Å². The fourth-order valence-electron chi connectivity index (χ4n) is 2.88. The highest BCUT2D eigenvalue weighted by atomic mass is 16.2. The van der Waals surface area contributed by atoms with E-state index in [1.54, 1.807) is 12.4 Å². The summed E-state index contributed by atoms with van der Waals surface area (Å²) in [7, 11) is 0. The molecule has 5 nitrogen and oxygen atoms in total. The molecular formula is C20H23N3O2. The smallest absolute Gasteiger partial charge is 0.224 e. The highest BCUT2D eigenvalue weighted by Crippen LogP contribution is 2.38. The summed E-state index contributed by atoms with van der Waals surface area (Å²) in [6.07, 6.45) is 5.92. The van der Waals surface area contributed by atoms with Crippen LogP contribution in [0.1, 0.15) is 24.0 Å². The quantitative estimate of drug-likeness (QED) is 0.725. The van der Waals surface area contributed by atoms with Gasteiger partial charge in [0.1, 0.15) is 0 Å². The first-order valence-corrected chi connectivity index (χ1v) is 8.72. The summed E-state index contributed by atoms with van der Waals surface area (Å²) in [4.78, 5) is 28.2. The number of pyridine rings is 1. The highest BCUT2D eigenvalue weighted by molar-refractivity contribution is 5.92. The van der Waals surface area contributed by atoms with E-state index in [0.29, 0.717) is 19.5 Å². The molecule has 2 atom stereocenters. The molecule has 2 unspecified atom stereocenters. The van der Waals surface area contributed by atoms with Crippen LogP contribution in [0.15, 0.2) is 54.9 Å². The third kappa shape index (κ3) is 5.14. The van der Waals surface area contributed by atoms with Gasteiger partial charge in [0, 0.05) is 25.5 Å². The Hall–Kier alpha value is -2.69. The molecule has 0 radical (unpaired) electrons. The third-order valence-electron chi connectivity index (χ3n) is 4.44. The molecule has 1 aromatic heterocycles. The van der Waals surface area contributed by atoms with Crippen LogP contribution in [-0.2, 0) is 22.6 Å². The molecule has 1 heterocycles.